The van der Waals surface area contributed by atoms with Crippen molar-refractivity contribution in [2.75, 3.05) is 19.9 Å². The van der Waals surface area contributed by atoms with Gasteiger partial charge in [-0.1, -0.05) is 29.8 Å². The molecule has 0 aliphatic rings. The van der Waals surface area contributed by atoms with Crippen LogP contribution in [0, 0.1) is 0 Å². The molecule has 0 radical (unpaired) electrons. The van der Waals surface area contributed by atoms with Crippen molar-refractivity contribution >= 4 is 27.7 Å². The van der Waals surface area contributed by atoms with E-state index < -0.39 is 0 Å². The minimum atomic E-state index is 0.474. The molecular weight excluding hydrogens is 322 g/mol. The molecule has 4 heteroatoms. The van der Waals surface area contributed by atoms with Crippen LogP contribution in [0.4, 0.5) is 0 Å². The summed E-state index contributed by atoms with van der Waals surface area (Å²) in [5, 5.41) is 4.13. The molecule has 1 N–H and O–H groups in total. The number of nitrogens with one attached hydrogen (secondary N) is 1. The third-order valence-corrected chi connectivity index (χ3v) is 5.26. The summed E-state index contributed by atoms with van der Waals surface area (Å²) in [6, 6.07) is 6.66. The van der Waals surface area contributed by atoms with Gasteiger partial charge < -0.3 is 10.1 Å². The van der Waals surface area contributed by atoms with E-state index in [0.717, 1.165) is 27.6 Å². The molecular formula is C15H24BrNOS. The van der Waals surface area contributed by atoms with Crippen molar-refractivity contribution in [1.82, 2.24) is 5.32 Å². The fourth-order valence-corrected chi connectivity index (χ4v) is 3.30. The lowest BCUT2D eigenvalue weighted by Crippen LogP contribution is -2.30. The molecule has 2 unspecified atom stereocenters. The SMILES string of the molecule is CCC(C)SCC(Cc1cc(Br)ccc1OC)NC. The van der Waals surface area contributed by atoms with Gasteiger partial charge in [0.15, 0.2) is 0 Å². The molecule has 0 aliphatic heterocycles. The molecule has 2 nitrogen and oxygen atoms in total. The van der Waals surface area contributed by atoms with E-state index in [0.29, 0.717) is 6.04 Å². The van der Waals surface area contributed by atoms with Crippen molar-refractivity contribution in [2.24, 2.45) is 0 Å². The Morgan fingerprint density at radius 3 is 2.74 bits per heavy atom. The normalized spacial score (nSPS) is 14.2. The van der Waals surface area contributed by atoms with E-state index in [9.17, 15) is 0 Å². The van der Waals surface area contributed by atoms with Gasteiger partial charge >= 0.3 is 0 Å². The molecule has 0 heterocycles. The molecule has 0 spiro atoms. The lowest BCUT2D eigenvalue weighted by atomic mass is 10.1. The van der Waals surface area contributed by atoms with Gasteiger partial charge in [-0.25, -0.2) is 0 Å². The Hall–Kier alpha value is -0.190. The second kappa shape index (κ2) is 8.88. The number of hydrogen-bond acceptors (Lipinski definition) is 3. The predicted octanol–water partition coefficient (Wildman–Crippen LogP) is 4.12. The van der Waals surface area contributed by atoms with E-state index in [1.54, 1.807) is 7.11 Å². The summed E-state index contributed by atoms with van der Waals surface area (Å²) in [4.78, 5) is 0. The summed E-state index contributed by atoms with van der Waals surface area (Å²) >= 11 is 5.56. The molecule has 0 saturated heterocycles. The molecule has 19 heavy (non-hydrogen) atoms. The summed E-state index contributed by atoms with van der Waals surface area (Å²) < 4.78 is 6.54. The lowest BCUT2D eigenvalue weighted by molar-refractivity contribution is 0.407. The molecule has 108 valence electrons. The number of benzene rings is 1. The van der Waals surface area contributed by atoms with Crippen LogP contribution < -0.4 is 10.1 Å². The van der Waals surface area contributed by atoms with Crippen molar-refractivity contribution in [3.8, 4) is 5.75 Å². The van der Waals surface area contributed by atoms with E-state index in [1.807, 2.05) is 30.9 Å². The zero-order valence-corrected chi connectivity index (χ0v) is 14.6. The zero-order chi connectivity index (χ0) is 14.3. The van der Waals surface area contributed by atoms with Crippen LogP contribution in [0.15, 0.2) is 22.7 Å². The molecule has 0 amide bonds. The van der Waals surface area contributed by atoms with Crippen molar-refractivity contribution in [1.29, 1.82) is 0 Å². The van der Waals surface area contributed by atoms with Gasteiger partial charge in [-0.3, -0.25) is 0 Å². The minimum Gasteiger partial charge on any atom is -0.496 e. The maximum atomic E-state index is 5.44. The van der Waals surface area contributed by atoms with Gasteiger partial charge in [0.1, 0.15) is 5.75 Å². The number of hydrogen-bond donors (Lipinski definition) is 1. The maximum Gasteiger partial charge on any atom is 0.122 e. The van der Waals surface area contributed by atoms with Gasteiger partial charge in [0, 0.05) is 21.5 Å². The standard InChI is InChI=1S/C15H24BrNOS/c1-5-11(2)19-10-14(17-3)9-12-8-13(16)6-7-15(12)18-4/h6-8,11,14,17H,5,9-10H2,1-4H3. The van der Waals surface area contributed by atoms with Gasteiger partial charge in [-0.2, -0.15) is 11.8 Å². The monoisotopic (exact) mass is 345 g/mol. The molecule has 0 aromatic heterocycles. The Kier molecular flexibility index (Phi) is 7.88. The van der Waals surface area contributed by atoms with E-state index in [-0.39, 0.29) is 0 Å². The number of methoxy groups -OCH3 is 1. The smallest absolute Gasteiger partial charge is 0.122 e. The molecule has 0 saturated carbocycles. The van der Waals surface area contributed by atoms with Crippen molar-refractivity contribution in [2.45, 2.75) is 38.0 Å². The molecule has 0 fully saturated rings. The Balaban J connectivity index is 2.66. The predicted molar refractivity (Wildman–Crippen MR) is 89.5 cm³/mol. The van der Waals surface area contributed by atoms with E-state index >= 15 is 0 Å². The highest BCUT2D eigenvalue weighted by Gasteiger charge is 2.13. The summed E-state index contributed by atoms with van der Waals surface area (Å²) in [6.07, 6.45) is 2.21. The number of thioether (sulfide) groups is 1. The van der Waals surface area contributed by atoms with Gasteiger partial charge in [0.05, 0.1) is 7.11 Å². The first-order valence-corrected chi connectivity index (χ1v) is 8.56. The van der Waals surface area contributed by atoms with Crippen LogP contribution in [0.25, 0.3) is 0 Å². The Labute approximate surface area is 129 Å². The highest BCUT2D eigenvalue weighted by molar-refractivity contribution is 9.10. The Morgan fingerprint density at radius 1 is 1.42 bits per heavy atom. The third kappa shape index (κ3) is 5.76. The Bertz CT molecular complexity index is 386. The second-order valence-corrected chi connectivity index (χ2v) is 7.09. The first kappa shape index (κ1) is 16.9. The maximum absolute atomic E-state index is 5.44. The molecule has 0 aliphatic carbocycles. The van der Waals surface area contributed by atoms with Crippen molar-refractivity contribution in [3.05, 3.63) is 28.2 Å². The topological polar surface area (TPSA) is 21.3 Å². The zero-order valence-electron chi connectivity index (χ0n) is 12.2. The second-order valence-electron chi connectivity index (χ2n) is 4.70. The van der Waals surface area contributed by atoms with Crippen LogP contribution in [0.5, 0.6) is 5.75 Å². The van der Waals surface area contributed by atoms with Gasteiger partial charge in [-0.15, -0.1) is 0 Å². The molecule has 2 atom stereocenters. The first-order chi connectivity index (χ1) is 9.10. The average molecular weight is 346 g/mol. The lowest BCUT2D eigenvalue weighted by Gasteiger charge is -2.19. The van der Waals surface area contributed by atoms with Gasteiger partial charge in [0.2, 0.25) is 0 Å². The van der Waals surface area contributed by atoms with E-state index in [1.165, 1.54) is 12.0 Å². The minimum absolute atomic E-state index is 0.474. The van der Waals surface area contributed by atoms with Gasteiger partial charge in [0.25, 0.3) is 0 Å². The number of rotatable bonds is 8. The summed E-state index contributed by atoms with van der Waals surface area (Å²) in [6.45, 7) is 4.53. The fraction of sp³-hybridized carbons (Fsp3) is 0.600. The van der Waals surface area contributed by atoms with Gasteiger partial charge in [-0.05, 0) is 43.7 Å². The van der Waals surface area contributed by atoms with E-state index in [2.05, 4.69) is 41.2 Å². The van der Waals surface area contributed by atoms with E-state index in [4.69, 9.17) is 4.74 Å². The average Bonchev–Trinajstić information content (AvgIpc) is 2.43. The molecule has 0 bridgehead atoms. The first-order valence-electron chi connectivity index (χ1n) is 6.72. The highest BCUT2D eigenvalue weighted by Crippen LogP contribution is 2.25. The summed E-state index contributed by atoms with van der Waals surface area (Å²) in [5.74, 6) is 2.10. The quantitative estimate of drug-likeness (QED) is 0.765. The largest absolute Gasteiger partial charge is 0.496 e. The summed E-state index contributed by atoms with van der Waals surface area (Å²) in [5.41, 5.74) is 1.25. The molecule has 1 rings (SSSR count). The van der Waals surface area contributed by atoms with Crippen molar-refractivity contribution < 1.29 is 4.74 Å². The highest BCUT2D eigenvalue weighted by atomic mass is 79.9. The van der Waals surface area contributed by atoms with Crippen LogP contribution >= 0.6 is 27.7 Å². The van der Waals surface area contributed by atoms with Crippen LogP contribution in [0.1, 0.15) is 25.8 Å². The number of ether oxygens (including phenoxy) is 1. The van der Waals surface area contributed by atoms with Crippen LogP contribution in [0.2, 0.25) is 0 Å². The molecule has 1 aromatic carbocycles. The van der Waals surface area contributed by atoms with Crippen molar-refractivity contribution in [3.63, 3.8) is 0 Å². The fourth-order valence-electron chi connectivity index (χ4n) is 1.81. The van der Waals surface area contributed by atoms with Crippen LogP contribution in [0.3, 0.4) is 0 Å². The van der Waals surface area contributed by atoms with Crippen LogP contribution in [-0.2, 0) is 6.42 Å². The molecule has 1 aromatic rings. The Morgan fingerprint density at radius 2 is 2.16 bits per heavy atom. The third-order valence-electron chi connectivity index (χ3n) is 3.27. The number of halogens is 1. The number of likely N-dealkylation sites (N-methyl/N-ethyl adjacent to an activating group) is 1. The van der Waals surface area contributed by atoms with Crippen LogP contribution in [-0.4, -0.2) is 31.2 Å². The summed E-state index contributed by atoms with van der Waals surface area (Å²) in [7, 11) is 3.77.